The fourth-order valence-electron chi connectivity index (χ4n) is 2.48. The number of esters is 2. The Morgan fingerprint density at radius 2 is 2.11 bits per heavy atom. The molecule has 104 valence electrons. The molecule has 5 heteroatoms. The first kappa shape index (κ1) is 15.0. The molecule has 1 fully saturated rings. The number of likely N-dealkylation sites (tertiary alicyclic amines) is 1. The van der Waals surface area contributed by atoms with Gasteiger partial charge in [0.25, 0.3) is 0 Å². The summed E-state index contributed by atoms with van der Waals surface area (Å²) in [6, 6.07) is -0.613. The molecule has 0 aromatic carbocycles. The Labute approximate surface area is 108 Å². The van der Waals surface area contributed by atoms with Crippen molar-refractivity contribution in [3.05, 3.63) is 0 Å². The number of nitrogens with zero attached hydrogens (tertiary/aromatic N) is 1. The molecule has 0 bridgehead atoms. The molecule has 0 aromatic rings. The van der Waals surface area contributed by atoms with Crippen LogP contribution in [0.1, 0.15) is 39.5 Å². The van der Waals surface area contributed by atoms with Gasteiger partial charge < -0.3 is 9.47 Å². The maximum absolute atomic E-state index is 12.0. The number of carbonyl (C=O) groups is 2. The van der Waals surface area contributed by atoms with Gasteiger partial charge in [-0.25, -0.2) is 0 Å². The maximum atomic E-state index is 12.0. The van der Waals surface area contributed by atoms with Crippen LogP contribution < -0.4 is 0 Å². The zero-order valence-electron chi connectivity index (χ0n) is 11.5. The summed E-state index contributed by atoms with van der Waals surface area (Å²) < 4.78 is 9.90. The second-order valence-corrected chi connectivity index (χ2v) is 4.48. The number of carbonyl (C=O) groups excluding carboxylic acids is 2. The van der Waals surface area contributed by atoms with E-state index in [1.165, 1.54) is 7.11 Å². The normalized spacial score (nSPS) is 21.6. The number of methoxy groups -OCH3 is 1. The van der Waals surface area contributed by atoms with Crippen LogP contribution in [0.15, 0.2) is 0 Å². The van der Waals surface area contributed by atoms with Crippen LogP contribution in [0.3, 0.4) is 0 Å². The van der Waals surface area contributed by atoms with Crippen molar-refractivity contribution in [2.75, 3.05) is 20.3 Å². The first-order chi connectivity index (χ1) is 8.65. The van der Waals surface area contributed by atoms with Crippen molar-refractivity contribution in [1.82, 2.24) is 4.90 Å². The van der Waals surface area contributed by atoms with Crippen LogP contribution in [-0.2, 0) is 19.1 Å². The molecule has 0 aromatic heterocycles. The number of rotatable bonds is 6. The molecule has 0 saturated carbocycles. The smallest absolute Gasteiger partial charge is 0.323 e. The highest BCUT2D eigenvalue weighted by atomic mass is 16.5. The van der Waals surface area contributed by atoms with Crippen LogP contribution >= 0.6 is 0 Å². The molecule has 0 radical (unpaired) electrons. The molecule has 2 unspecified atom stereocenters. The zero-order valence-corrected chi connectivity index (χ0v) is 11.5. The lowest BCUT2D eigenvalue weighted by Crippen LogP contribution is -2.48. The molecule has 0 amide bonds. The Morgan fingerprint density at radius 1 is 1.39 bits per heavy atom. The second kappa shape index (κ2) is 7.36. The molecule has 0 aliphatic carbocycles. The highest BCUT2D eigenvalue weighted by molar-refractivity contribution is 5.80. The lowest BCUT2D eigenvalue weighted by atomic mass is 10.1. The Bertz CT molecular complexity index is 293. The molecule has 1 aliphatic rings. The molecule has 0 spiro atoms. The highest BCUT2D eigenvalue weighted by Crippen LogP contribution is 2.24. The summed E-state index contributed by atoms with van der Waals surface area (Å²) in [4.78, 5) is 25.6. The molecular weight excluding hydrogens is 234 g/mol. The van der Waals surface area contributed by atoms with Gasteiger partial charge in [0.05, 0.1) is 13.7 Å². The van der Waals surface area contributed by atoms with Gasteiger partial charge in [-0.2, -0.15) is 0 Å². The van der Waals surface area contributed by atoms with E-state index in [0.29, 0.717) is 13.0 Å². The first-order valence-electron chi connectivity index (χ1n) is 6.65. The van der Waals surface area contributed by atoms with Crippen molar-refractivity contribution in [3.63, 3.8) is 0 Å². The molecule has 1 saturated heterocycles. The van der Waals surface area contributed by atoms with Gasteiger partial charge in [0.15, 0.2) is 0 Å². The standard InChI is InChI=1S/C13H23NO4/c1-4-7-10(13(16)18-5-2)14-9-6-8-11(14)12(15)17-3/h10-11H,4-9H2,1-3H3. The summed E-state index contributed by atoms with van der Waals surface area (Å²) in [5.41, 5.74) is 0. The van der Waals surface area contributed by atoms with Crippen LogP contribution in [0.5, 0.6) is 0 Å². The van der Waals surface area contributed by atoms with E-state index in [1.807, 2.05) is 11.8 Å². The van der Waals surface area contributed by atoms with E-state index in [1.54, 1.807) is 6.92 Å². The Balaban J connectivity index is 2.77. The van der Waals surface area contributed by atoms with Gasteiger partial charge in [-0.05, 0) is 32.7 Å². The van der Waals surface area contributed by atoms with Gasteiger partial charge in [0.2, 0.25) is 0 Å². The van der Waals surface area contributed by atoms with Crippen molar-refractivity contribution in [1.29, 1.82) is 0 Å². The molecule has 5 nitrogen and oxygen atoms in total. The third-order valence-electron chi connectivity index (χ3n) is 3.29. The summed E-state index contributed by atoms with van der Waals surface area (Å²) in [7, 11) is 1.39. The van der Waals surface area contributed by atoms with Crippen molar-refractivity contribution < 1.29 is 19.1 Å². The average Bonchev–Trinajstić information content (AvgIpc) is 2.84. The SMILES string of the molecule is CCCC(C(=O)OCC)N1CCCC1C(=O)OC. The van der Waals surface area contributed by atoms with Gasteiger partial charge >= 0.3 is 11.9 Å². The second-order valence-electron chi connectivity index (χ2n) is 4.48. The molecule has 1 rings (SSSR count). The maximum Gasteiger partial charge on any atom is 0.323 e. The van der Waals surface area contributed by atoms with Crippen molar-refractivity contribution in [2.45, 2.75) is 51.6 Å². The lowest BCUT2D eigenvalue weighted by Gasteiger charge is -2.29. The Morgan fingerprint density at radius 3 is 2.67 bits per heavy atom. The van der Waals surface area contributed by atoms with Gasteiger partial charge in [0.1, 0.15) is 12.1 Å². The summed E-state index contributed by atoms with van der Waals surface area (Å²) in [5.74, 6) is -0.479. The molecule has 1 aliphatic heterocycles. The van der Waals surface area contributed by atoms with Gasteiger partial charge in [-0.1, -0.05) is 13.3 Å². The minimum Gasteiger partial charge on any atom is -0.468 e. The Kier molecular flexibility index (Phi) is 6.12. The molecular formula is C13H23NO4. The minimum atomic E-state index is -0.318. The fraction of sp³-hybridized carbons (Fsp3) is 0.846. The van der Waals surface area contributed by atoms with E-state index in [0.717, 1.165) is 25.8 Å². The van der Waals surface area contributed by atoms with Crippen LogP contribution in [0.4, 0.5) is 0 Å². The summed E-state index contributed by atoms with van der Waals surface area (Å²) in [5, 5.41) is 0. The van der Waals surface area contributed by atoms with E-state index in [-0.39, 0.29) is 24.0 Å². The van der Waals surface area contributed by atoms with E-state index in [9.17, 15) is 9.59 Å². The van der Waals surface area contributed by atoms with Gasteiger partial charge in [-0.15, -0.1) is 0 Å². The molecule has 0 N–H and O–H groups in total. The molecule has 18 heavy (non-hydrogen) atoms. The van der Waals surface area contributed by atoms with E-state index < -0.39 is 0 Å². The molecule has 1 heterocycles. The topological polar surface area (TPSA) is 55.8 Å². The lowest BCUT2D eigenvalue weighted by molar-refractivity contribution is -0.154. The predicted molar refractivity (Wildman–Crippen MR) is 67.1 cm³/mol. The van der Waals surface area contributed by atoms with Gasteiger partial charge in [0, 0.05) is 0 Å². The third kappa shape index (κ3) is 3.45. The summed E-state index contributed by atoms with van der Waals surface area (Å²) in [6.45, 7) is 4.94. The van der Waals surface area contributed by atoms with Crippen molar-refractivity contribution in [2.24, 2.45) is 0 Å². The fourth-order valence-corrected chi connectivity index (χ4v) is 2.48. The number of hydrogen-bond acceptors (Lipinski definition) is 5. The number of ether oxygens (including phenoxy) is 2. The van der Waals surface area contributed by atoms with Crippen LogP contribution in [0.2, 0.25) is 0 Å². The Hall–Kier alpha value is -1.10. The number of hydrogen-bond donors (Lipinski definition) is 0. The van der Waals surface area contributed by atoms with E-state index in [4.69, 9.17) is 9.47 Å². The first-order valence-corrected chi connectivity index (χ1v) is 6.65. The van der Waals surface area contributed by atoms with E-state index in [2.05, 4.69) is 0 Å². The summed E-state index contributed by atoms with van der Waals surface area (Å²) in [6.07, 6.45) is 3.27. The largest absolute Gasteiger partial charge is 0.468 e. The monoisotopic (exact) mass is 257 g/mol. The summed E-state index contributed by atoms with van der Waals surface area (Å²) >= 11 is 0. The van der Waals surface area contributed by atoms with Crippen molar-refractivity contribution in [3.8, 4) is 0 Å². The average molecular weight is 257 g/mol. The van der Waals surface area contributed by atoms with Gasteiger partial charge in [-0.3, -0.25) is 14.5 Å². The third-order valence-corrected chi connectivity index (χ3v) is 3.29. The zero-order chi connectivity index (χ0) is 13.5. The highest BCUT2D eigenvalue weighted by Gasteiger charge is 2.39. The van der Waals surface area contributed by atoms with Crippen LogP contribution in [0, 0.1) is 0 Å². The minimum absolute atomic E-state index is 0.227. The molecule has 2 atom stereocenters. The van der Waals surface area contributed by atoms with Crippen LogP contribution in [0.25, 0.3) is 0 Å². The van der Waals surface area contributed by atoms with Crippen LogP contribution in [-0.4, -0.2) is 49.2 Å². The van der Waals surface area contributed by atoms with E-state index >= 15 is 0 Å². The quantitative estimate of drug-likeness (QED) is 0.672. The van der Waals surface area contributed by atoms with Crippen molar-refractivity contribution >= 4 is 11.9 Å². The predicted octanol–water partition coefficient (Wildman–Crippen LogP) is 1.36.